The molecule has 9 heteroatoms. The summed E-state index contributed by atoms with van der Waals surface area (Å²) in [6, 6.07) is 0. The van der Waals surface area contributed by atoms with Crippen molar-refractivity contribution in [2.24, 2.45) is 5.92 Å². The molecule has 0 N–H and O–H groups in total. The standard InChI is InChI=1S/C15H24ClNO7/c1-9(16)23-13(20)24-17-14(3,4)7-11(15(17,5)6)12(19)22-8-21-10(2)18/h9,11H,7-8H2,1-6H3. The number of carbonyl (C=O) groups is 3. The SMILES string of the molecule is CC(=O)OCOC(=O)C1CC(C)(C)N(OC(=O)OC(C)Cl)C1(C)C. The predicted octanol–water partition coefficient (Wildman–Crippen LogP) is 2.58. The zero-order valence-electron chi connectivity index (χ0n) is 14.8. The third-order valence-electron chi connectivity index (χ3n) is 3.80. The van der Waals surface area contributed by atoms with E-state index in [0.29, 0.717) is 6.42 Å². The molecule has 0 aliphatic carbocycles. The first-order chi connectivity index (χ1) is 10.9. The van der Waals surface area contributed by atoms with Crippen LogP contribution >= 0.6 is 11.6 Å². The van der Waals surface area contributed by atoms with Gasteiger partial charge in [0.1, 0.15) is 0 Å². The maximum atomic E-state index is 12.3. The molecule has 2 atom stereocenters. The minimum atomic E-state index is -0.951. The summed E-state index contributed by atoms with van der Waals surface area (Å²) >= 11 is 5.60. The Morgan fingerprint density at radius 1 is 1.21 bits per heavy atom. The lowest BCUT2D eigenvalue weighted by atomic mass is 9.87. The molecule has 1 saturated heterocycles. The molecule has 0 bridgehead atoms. The van der Waals surface area contributed by atoms with Gasteiger partial charge in [-0.05, 0) is 41.0 Å². The molecule has 1 aliphatic heterocycles. The molecular formula is C15H24ClNO7. The number of nitrogens with zero attached hydrogens (tertiary/aromatic N) is 1. The van der Waals surface area contributed by atoms with Crippen LogP contribution in [0.2, 0.25) is 0 Å². The van der Waals surface area contributed by atoms with E-state index in [4.69, 9.17) is 25.9 Å². The van der Waals surface area contributed by atoms with Gasteiger partial charge < -0.3 is 19.0 Å². The minimum Gasteiger partial charge on any atom is -0.428 e. The van der Waals surface area contributed by atoms with Gasteiger partial charge in [-0.25, -0.2) is 4.79 Å². The van der Waals surface area contributed by atoms with Gasteiger partial charge in [-0.3, -0.25) is 9.59 Å². The van der Waals surface area contributed by atoms with Gasteiger partial charge in [0.25, 0.3) is 0 Å². The van der Waals surface area contributed by atoms with Crippen LogP contribution < -0.4 is 0 Å². The molecule has 0 spiro atoms. The Kier molecular flexibility index (Phi) is 6.46. The molecule has 138 valence electrons. The number of rotatable bonds is 5. The van der Waals surface area contributed by atoms with Crippen LogP contribution in [0.15, 0.2) is 0 Å². The van der Waals surface area contributed by atoms with E-state index in [-0.39, 0.29) is 0 Å². The quantitative estimate of drug-likeness (QED) is 0.417. The Bertz CT molecular complexity index is 504. The van der Waals surface area contributed by atoms with E-state index in [1.54, 1.807) is 13.8 Å². The normalized spacial score (nSPS) is 23.2. The van der Waals surface area contributed by atoms with E-state index in [9.17, 15) is 14.4 Å². The first-order valence-electron chi connectivity index (χ1n) is 7.51. The summed E-state index contributed by atoms with van der Waals surface area (Å²) in [5.74, 6) is -1.68. The lowest BCUT2D eigenvalue weighted by Gasteiger charge is -2.38. The molecule has 24 heavy (non-hydrogen) atoms. The van der Waals surface area contributed by atoms with Crippen molar-refractivity contribution in [2.75, 3.05) is 6.79 Å². The van der Waals surface area contributed by atoms with Gasteiger partial charge in [0.2, 0.25) is 6.79 Å². The second-order valence-corrected chi connectivity index (χ2v) is 7.35. The van der Waals surface area contributed by atoms with Crippen molar-refractivity contribution in [3.8, 4) is 0 Å². The van der Waals surface area contributed by atoms with E-state index < -0.39 is 47.4 Å². The third kappa shape index (κ3) is 4.98. The van der Waals surface area contributed by atoms with Crippen LogP contribution in [0.5, 0.6) is 0 Å². The average molecular weight is 366 g/mol. The number of ether oxygens (including phenoxy) is 3. The zero-order chi connectivity index (χ0) is 18.7. The number of halogens is 1. The fourth-order valence-corrected chi connectivity index (χ4v) is 2.94. The Balaban J connectivity index is 2.82. The fraction of sp³-hybridized carbons (Fsp3) is 0.800. The Morgan fingerprint density at radius 2 is 1.79 bits per heavy atom. The lowest BCUT2D eigenvalue weighted by Crippen LogP contribution is -2.51. The second-order valence-electron chi connectivity index (χ2n) is 6.74. The van der Waals surface area contributed by atoms with Gasteiger partial charge in [-0.2, -0.15) is 0 Å². The van der Waals surface area contributed by atoms with E-state index in [1.807, 2.05) is 13.8 Å². The fourth-order valence-electron chi connectivity index (χ4n) is 2.87. The smallest absolute Gasteiger partial charge is 0.428 e. The number of esters is 2. The number of carbonyl (C=O) groups excluding carboxylic acids is 3. The van der Waals surface area contributed by atoms with Crippen LogP contribution in [0, 0.1) is 5.92 Å². The molecular weight excluding hydrogens is 342 g/mol. The van der Waals surface area contributed by atoms with Gasteiger partial charge in [-0.1, -0.05) is 11.6 Å². The molecule has 1 rings (SSSR count). The van der Waals surface area contributed by atoms with Crippen molar-refractivity contribution >= 4 is 29.7 Å². The molecule has 1 fully saturated rings. The molecule has 1 heterocycles. The Morgan fingerprint density at radius 3 is 2.29 bits per heavy atom. The van der Waals surface area contributed by atoms with Crippen molar-refractivity contribution in [1.29, 1.82) is 0 Å². The highest BCUT2D eigenvalue weighted by atomic mass is 35.5. The number of hydroxylamine groups is 2. The van der Waals surface area contributed by atoms with Crippen molar-refractivity contribution in [3.05, 3.63) is 0 Å². The number of hydrogen-bond acceptors (Lipinski definition) is 8. The maximum absolute atomic E-state index is 12.3. The highest BCUT2D eigenvalue weighted by Gasteiger charge is 2.57. The van der Waals surface area contributed by atoms with Crippen LogP contribution in [0.25, 0.3) is 0 Å². The van der Waals surface area contributed by atoms with Gasteiger partial charge in [0, 0.05) is 6.92 Å². The number of alkyl halides is 1. The van der Waals surface area contributed by atoms with Crippen molar-refractivity contribution < 1.29 is 33.4 Å². The molecule has 2 unspecified atom stereocenters. The monoisotopic (exact) mass is 365 g/mol. The van der Waals surface area contributed by atoms with Gasteiger partial charge in [0.05, 0.1) is 17.0 Å². The van der Waals surface area contributed by atoms with E-state index in [0.717, 1.165) is 0 Å². The highest BCUT2D eigenvalue weighted by Crippen LogP contribution is 2.45. The van der Waals surface area contributed by atoms with E-state index in [2.05, 4.69) is 4.74 Å². The van der Waals surface area contributed by atoms with Crippen molar-refractivity contribution in [1.82, 2.24) is 5.06 Å². The van der Waals surface area contributed by atoms with Crippen LogP contribution in [-0.4, -0.2) is 46.6 Å². The van der Waals surface area contributed by atoms with E-state index in [1.165, 1.54) is 18.9 Å². The van der Waals surface area contributed by atoms with Crippen molar-refractivity contribution in [3.63, 3.8) is 0 Å². The van der Waals surface area contributed by atoms with Gasteiger partial charge in [0.15, 0.2) is 5.56 Å². The largest absolute Gasteiger partial charge is 0.529 e. The summed E-state index contributed by atoms with van der Waals surface area (Å²) in [7, 11) is 0. The van der Waals surface area contributed by atoms with Crippen LogP contribution in [0.4, 0.5) is 4.79 Å². The average Bonchev–Trinajstić information content (AvgIpc) is 2.57. The summed E-state index contributed by atoms with van der Waals surface area (Å²) in [4.78, 5) is 40.1. The predicted molar refractivity (Wildman–Crippen MR) is 83.7 cm³/mol. The summed E-state index contributed by atoms with van der Waals surface area (Å²) in [5, 5.41) is 1.42. The first-order valence-corrected chi connectivity index (χ1v) is 7.94. The molecule has 0 amide bonds. The van der Waals surface area contributed by atoms with Crippen molar-refractivity contribution in [2.45, 2.75) is 64.6 Å². The topological polar surface area (TPSA) is 91.4 Å². The number of hydrogen-bond donors (Lipinski definition) is 0. The molecule has 1 aliphatic rings. The molecule has 0 radical (unpaired) electrons. The third-order valence-corrected chi connectivity index (χ3v) is 3.89. The van der Waals surface area contributed by atoms with E-state index >= 15 is 0 Å². The van der Waals surface area contributed by atoms with Gasteiger partial charge in [-0.15, -0.1) is 5.06 Å². The zero-order valence-corrected chi connectivity index (χ0v) is 15.5. The van der Waals surface area contributed by atoms with Gasteiger partial charge >= 0.3 is 18.1 Å². The molecule has 8 nitrogen and oxygen atoms in total. The van der Waals surface area contributed by atoms with Crippen LogP contribution in [0.3, 0.4) is 0 Å². The molecule has 0 saturated carbocycles. The highest BCUT2D eigenvalue weighted by molar-refractivity contribution is 6.19. The Labute approximate surface area is 146 Å². The van der Waals surface area contributed by atoms with Crippen LogP contribution in [0.1, 0.15) is 48.0 Å². The summed E-state index contributed by atoms with van der Waals surface area (Å²) in [6.07, 6.45) is -0.574. The lowest BCUT2D eigenvalue weighted by molar-refractivity contribution is -0.215. The summed E-state index contributed by atoms with van der Waals surface area (Å²) < 4.78 is 14.4. The molecule has 0 aromatic rings. The molecule has 0 aromatic carbocycles. The second kappa shape index (κ2) is 7.57. The first kappa shape index (κ1) is 20.5. The summed E-state index contributed by atoms with van der Waals surface area (Å²) in [6.45, 7) is 9.40. The minimum absolute atomic E-state index is 0.378. The molecule has 0 aromatic heterocycles. The maximum Gasteiger partial charge on any atom is 0.529 e. The van der Waals surface area contributed by atoms with Crippen LogP contribution in [-0.2, 0) is 28.6 Å². The summed E-state index contributed by atoms with van der Waals surface area (Å²) in [5.41, 5.74) is -2.33. The Hall–Kier alpha value is -1.54.